The molecule has 1 aromatic heterocycles. The lowest BCUT2D eigenvalue weighted by atomic mass is 10.1. The Balaban J connectivity index is 1.79. The number of benzene rings is 2. The maximum Gasteiger partial charge on any atom is 0.232 e. The van der Waals surface area contributed by atoms with E-state index in [1.165, 1.54) is 5.56 Å². The van der Waals surface area contributed by atoms with Gasteiger partial charge in [0.25, 0.3) is 0 Å². The molecule has 0 aliphatic carbocycles. The fraction of sp³-hybridized carbons (Fsp3) is 0.286. The van der Waals surface area contributed by atoms with Crippen molar-refractivity contribution in [3.05, 3.63) is 65.5 Å². The van der Waals surface area contributed by atoms with Crippen LogP contribution in [0.2, 0.25) is 0 Å². The molecule has 3 aromatic rings. The summed E-state index contributed by atoms with van der Waals surface area (Å²) < 4.78 is 5.49. The number of aryl methyl sites for hydroxylation is 1. The molecule has 1 heterocycles. The zero-order valence-electron chi connectivity index (χ0n) is 16.7. The van der Waals surface area contributed by atoms with Crippen LogP contribution in [0.15, 0.2) is 48.5 Å². The number of anilines is 3. The Morgan fingerprint density at radius 2 is 1.86 bits per heavy atom. The summed E-state index contributed by atoms with van der Waals surface area (Å²) in [6.45, 7) is 4.81. The third kappa shape index (κ3) is 4.75. The summed E-state index contributed by atoms with van der Waals surface area (Å²) in [5, 5.41) is 3.17. The molecule has 0 amide bonds. The molecule has 0 bridgehead atoms. The molecular formula is C21H26N6O. The summed E-state index contributed by atoms with van der Waals surface area (Å²) in [7, 11) is 3.71. The van der Waals surface area contributed by atoms with Gasteiger partial charge in [0.1, 0.15) is 5.75 Å². The SMILES string of the molecule is COc1ccc(C)cc1CN(C)C(C)c1nc(N)nc(Nc2ccccc2)n1. The van der Waals surface area contributed by atoms with Gasteiger partial charge in [-0.1, -0.05) is 35.9 Å². The Morgan fingerprint density at radius 1 is 1.11 bits per heavy atom. The zero-order valence-corrected chi connectivity index (χ0v) is 16.7. The fourth-order valence-electron chi connectivity index (χ4n) is 2.94. The van der Waals surface area contributed by atoms with E-state index >= 15 is 0 Å². The summed E-state index contributed by atoms with van der Waals surface area (Å²) in [4.78, 5) is 15.3. The van der Waals surface area contributed by atoms with Crippen LogP contribution in [0.1, 0.15) is 29.9 Å². The predicted molar refractivity (Wildman–Crippen MR) is 112 cm³/mol. The summed E-state index contributed by atoms with van der Waals surface area (Å²) in [6.07, 6.45) is 0. The minimum absolute atomic E-state index is 0.0631. The first-order chi connectivity index (χ1) is 13.5. The molecule has 146 valence electrons. The van der Waals surface area contributed by atoms with Gasteiger partial charge in [0.2, 0.25) is 11.9 Å². The zero-order chi connectivity index (χ0) is 20.1. The summed E-state index contributed by atoms with van der Waals surface area (Å²) in [5.41, 5.74) is 9.12. The number of nitrogen functional groups attached to an aromatic ring is 1. The minimum atomic E-state index is -0.0631. The van der Waals surface area contributed by atoms with Gasteiger partial charge in [-0.3, -0.25) is 4.90 Å². The lowest BCUT2D eigenvalue weighted by molar-refractivity contribution is 0.240. The third-order valence-electron chi connectivity index (χ3n) is 4.59. The largest absolute Gasteiger partial charge is 0.496 e. The van der Waals surface area contributed by atoms with E-state index in [9.17, 15) is 0 Å². The molecular weight excluding hydrogens is 352 g/mol. The van der Waals surface area contributed by atoms with Crippen LogP contribution in [-0.4, -0.2) is 34.0 Å². The van der Waals surface area contributed by atoms with Crippen LogP contribution in [0.5, 0.6) is 5.75 Å². The van der Waals surface area contributed by atoms with E-state index < -0.39 is 0 Å². The van der Waals surface area contributed by atoms with Crippen molar-refractivity contribution in [2.45, 2.75) is 26.4 Å². The average molecular weight is 378 g/mol. The highest BCUT2D eigenvalue weighted by atomic mass is 16.5. The van der Waals surface area contributed by atoms with Gasteiger partial charge in [0.15, 0.2) is 5.82 Å². The molecule has 7 nitrogen and oxygen atoms in total. The fourth-order valence-corrected chi connectivity index (χ4v) is 2.94. The van der Waals surface area contributed by atoms with Crippen LogP contribution in [0.25, 0.3) is 0 Å². The second-order valence-corrected chi connectivity index (χ2v) is 6.77. The van der Waals surface area contributed by atoms with Crippen molar-refractivity contribution in [3.8, 4) is 5.75 Å². The van der Waals surface area contributed by atoms with Crippen molar-refractivity contribution in [1.82, 2.24) is 19.9 Å². The van der Waals surface area contributed by atoms with Crippen LogP contribution in [0.3, 0.4) is 0 Å². The molecule has 28 heavy (non-hydrogen) atoms. The topological polar surface area (TPSA) is 89.2 Å². The van der Waals surface area contributed by atoms with Crippen LogP contribution >= 0.6 is 0 Å². The highest BCUT2D eigenvalue weighted by molar-refractivity contribution is 5.53. The number of nitrogens with one attached hydrogen (secondary N) is 1. The summed E-state index contributed by atoms with van der Waals surface area (Å²) in [5.74, 6) is 2.10. The van der Waals surface area contributed by atoms with Gasteiger partial charge in [0.05, 0.1) is 13.2 Å². The second kappa shape index (κ2) is 8.67. The third-order valence-corrected chi connectivity index (χ3v) is 4.59. The first kappa shape index (κ1) is 19.6. The lowest BCUT2D eigenvalue weighted by Crippen LogP contribution is -2.25. The van der Waals surface area contributed by atoms with Crippen LogP contribution in [-0.2, 0) is 6.54 Å². The van der Waals surface area contributed by atoms with Crippen molar-refractivity contribution in [1.29, 1.82) is 0 Å². The Hall–Kier alpha value is -3.19. The van der Waals surface area contributed by atoms with Gasteiger partial charge in [0, 0.05) is 17.8 Å². The molecule has 2 aromatic carbocycles. The molecule has 3 N–H and O–H groups in total. The number of aromatic nitrogens is 3. The van der Waals surface area contributed by atoms with Crippen molar-refractivity contribution >= 4 is 17.6 Å². The monoisotopic (exact) mass is 378 g/mol. The molecule has 0 saturated heterocycles. The highest BCUT2D eigenvalue weighted by Crippen LogP contribution is 2.25. The number of methoxy groups -OCH3 is 1. The first-order valence-corrected chi connectivity index (χ1v) is 9.13. The summed E-state index contributed by atoms with van der Waals surface area (Å²) in [6, 6.07) is 15.8. The Morgan fingerprint density at radius 3 is 2.57 bits per heavy atom. The molecule has 3 rings (SSSR count). The van der Waals surface area contributed by atoms with Gasteiger partial charge in [-0.15, -0.1) is 0 Å². The normalized spacial score (nSPS) is 12.0. The molecule has 0 aliphatic heterocycles. The molecule has 7 heteroatoms. The minimum Gasteiger partial charge on any atom is -0.496 e. The van der Waals surface area contributed by atoms with E-state index in [-0.39, 0.29) is 12.0 Å². The Bertz CT molecular complexity index is 931. The molecule has 1 atom stereocenters. The first-order valence-electron chi connectivity index (χ1n) is 9.13. The maximum atomic E-state index is 5.93. The number of nitrogens with two attached hydrogens (primary N) is 1. The van der Waals surface area contributed by atoms with Crippen LogP contribution in [0.4, 0.5) is 17.6 Å². The van der Waals surface area contributed by atoms with E-state index in [0.717, 1.165) is 17.0 Å². The molecule has 0 aliphatic rings. The molecule has 0 spiro atoms. The number of para-hydroxylation sites is 1. The van der Waals surface area contributed by atoms with Crippen molar-refractivity contribution in [2.75, 3.05) is 25.2 Å². The lowest BCUT2D eigenvalue weighted by Gasteiger charge is -2.25. The van der Waals surface area contributed by atoms with Gasteiger partial charge in [-0.25, -0.2) is 0 Å². The van der Waals surface area contributed by atoms with Crippen LogP contribution in [0, 0.1) is 6.92 Å². The average Bonchev–Trinajstić information content (AvgIpc) is 2.68. The van der Waals surface area contributed by atoms with Gasteiger partial charge < -0.3 is 15.8 Å². The molecule has 0 saturated carbocycles. The van der Waals surface area contributed by atoms with Gasteiger partial charge >= 0.3 is 0 Å². The van der Waals surface area contributed by atoms with E-state index in [1.54, 1.807) is 7.11 Å². The van der Waals surface area contributed by atoms with Gasteiger partial charge in [-0.2, -0.15) is 15.0 Å². The number of hydrogen-bond acceptors (Lipinski definition) is 7. The smallest absolute Gasteiger partial charge is 0.232 e. The van der Waals surface area contributed by atoms with E-state index in [2.05, 4.69) is 38.2 Å². The Kier molecular flexibility index (Phi) is 6.06. The van der Waals surface area contributed by atoms with Gasteiger partial charge in [-0.05, 0) is 39.1 Å². The van der Waals surface area contributed by atoms with E-state index in [1.807, 2.05) is 56.4 Å². The van der Waals surface area contributed by atoms with E-state index in [4.69, 9.17) is 10.5 Å². The van der Waals surface area contributed by atoms with Crippen molar-refractivity contribution < 1.29 is 4.74 Å². The second-order valence-electron chi connectivity index (χ2n) is 6.77. The molecule has 1 unspecified atom stereocenters. The number of ether oxygens (including phenoxy) is 1. The van der Waals surface area contributed by atoms with Crippen molar-refractivity contribution in [2.24, 2.45) is 0 Å². The molecule has 0 fully saturated rings. The maximum absolute atomic E-state index is 5.93. The quantitative estimate of drug-likeness (QED) is 0.648. The number of hydrogen-bond donors (Lipinski definition) is 2. The summed E-state index contributed by atoms with van der Waals surface area (Å²) >= 11 is 0. The highest BCUT2D eigenvalue weighted by Gasteiger charge is 2.18. The predicted octanol–water partition coefficient (Wildman–Crippen LogP) is 3.71. The standard InChI is InChI=1S/C21H26N6O/c1-14-10-11-18(28-4)16(12-14)13-27(3)15(2)19-24-20(22)26-21(25-19)23-17-8-6-5-7-9-17/h5-12,15H,13H2,1-4H3,(H3,22,23,24,25,26). The molecule has 0 radical (unpaired) electrons. The number of nitrogens with zero attached hydrogens (tertiary/aromatic N) is 4. The van der Waals surface area contributed by atoms with E-state index in [0.29, 0.717) is 18.3 Å². The Labute approximate surface area is 165 Å². The van der Waals surface area contributed by atoms with Crippen molar-refractivity contribution in [3.63, 3.8) is 0 Å². The number of rotatable bonds is 7. The van der Waals surface area contributed by atoms with Crippen LogP contribution < -0.4 is 15.8 Å².